The van der Waals surface area contributed by atoms with Gasteiger partial charge in [-0.2, -0.15) is 0 Å². The number of hydrogen-bond donors (Lipinski definition) is 2. The van der Waals surface area contributed by atoms with Crippen LogP contribution in [0.4, 0.5) is 0 Å². The lowest BCUT2D eigenvalue weighted by Gasteiger charge is -2.07. The molecule has 0 aliphatic carbocycles. The van der Waals surface area contributed by atoms with Crippen LogP contribution in [-0.4, -0.2) is 19.2 Å². The molecule has 1 heterocycles. The molecule has 0 saturated heterocycles. The van der Waals surface area contributed by atoms with Crippen LogP contribution in [0.1, 0.15) is 34.2 Å². The summed E-state index contributed by atoms with van der Waals surface area (Å²) in [4.78, 5) is 14.5. The zero-order valence-electron chi connectivity index (χ0n) is 12.2. The van der Waals surface area contributed by atoms with Crippen molar-refractivity contribution in [3.05, 3.63) is 52.8 Å². The zero-order valence-corrected chi connectivity index (χ0v) is 13.0. The maximum atomic E-state index is 12.2. The van der Waals surface area contributed by atoms with Gasteiger partial charge in [0.2, 0.25) is 10.0 Å². The first-order chi connectivity index (χ1) is 9.79. The zero-order chi connectivity index (χ0) is 15.6. The summed E-state index contributed by atoms with van der Waals surface area (Å²) in [6.07, 6.45) is 0. The summed E-state index contributed by atoms with van der Waals surface area (Å²) in [5.74, 6) is -0.0923. The normalized spacial score (nSPS) is 11.6. The van der Waals surface area contributed by atoms with Crippen molar-refractivity contribution in [2.75, 3.05) is 0 Å². The van der Waals surface area contributed by atoms with Gasteiger partial charge in [-0.1, -0.05) is 12.1 Å². The number of nitrogens with one attached hydrogen (secondary N) is 2. The van der Waals surface area contributed by atoms with Gasteiger partial charge < -0.3 is 4.98 Å². The van der Waals surface area contributed by atoms with Crippen LogP contribution in [0.3, 0.4) is 0 Å². The number of ketones is 1. The first kappa shape index (κ1) is 15.5. The highest BCUT2D eigenvalue weighted by molar-refractivity contribution is 7.89. The predicted octanol–water partition coefficient (Wildman–Crippen LogP) is 2.31. The number of aromatic amines is 1. The molecule has 2 aromatic rings. The van der Waals surface area contributed by atoms with Gasteiger partial charge in [0.1, 0.15) is 0 Å². The monoisotopic (exact) mass is 306 g/mol. The first-order valence-electron chi connectivity index (χ1n) is 6.55. The molecule has 2 rings (SSSR count). The molecule has 0 atom stereocenters. The van der Waals surface area contributed by atoms with Gasteiger partial charge in [0.05, 0.1) is 4.90 Å². The highest BCUT2D eigenvalue weighted by Crippen LogP contribution is 2.13. The van der Waals surface area contributed by atoms with E-state index in [0.29, 0.717) is 5.56 Å². The number of carbonyl (C=O) groups is 1. The van der Waals surface area contributed by atoms with E-state index in [9.17, 15) is 13.2 Å². The molecule has 6 heteroatoms. The largest absolute Gasteiger partial charge is 0.362 e. The molecule has 5 nitrogen and oxygen atoms in total. The number of rotatable bonds is 5. The Bertz CT molecular complexity index is 759. The Morgan fingerprint density at radius 3 is 2.29 bits per heavy atom. The highest BCUT2D eigenvalue weighted by Gasteiger charge is 2.15. The number of carbonyl (C=O) groups excluding carboxylic acids is 1. The summed E-state index contributed by atoms with van der Waals surface area (Å²) in [6.45, 7) is 5.50. The topological polar surface area (TPSA) is 79.0 Å². The molecule has 0 unspecified atom stereocenters. The molecule has 21 heavy (non-hydrogen) atoms. The molecular weight excluding hydrogens is 288 g/mol. The van der Waals surface area contributed by atoms with Gasteiger partial charge >= 0.3 is 0 Å². The Morgan fingerprint density at radius 2 is 1.81 bits per heavy atom. The Morgan fingerprint density at radius 1 is 1.19 bits per heavy atom. The van der Waals surface area contributed by atoms with Crippen molar-refractivity contribution in [1.82, 2.24) is 9.71 Å². The molecule has 112 valence electrons. The average Bonchev–Trinajstić information content (AvgIpc) is 2.75. The van der Waals surface area contributed by atoms with Gasteiger partial charge in [0, 0.05) is 23.5 Å². The van der Waals surface area contributed by atoms with E-state index < -0.39 is 10.0 Å². The number of aromatic nitrogens is 1. The van der Waals surface area contributed by atoms with Crippen molar-refractivity contribution in [2.24, 2.45) is 0 Å². The fourth-order valence-corrected chi connectivity index (χ4v) is 3.10. The van der Waals surface area contributed by atoms with Gasteiger partial charge in [-0.15, -0.1) is 0 Å². The molecule has 2 N–H and O–H groups in total. The van der Waals surface area contributed by atoms with Crippen LogP contribution < -0.4 is 4.72 Å². The van der Waals surface area contributed by atoms with Crippen molar-refractivity contribution >= 4 is 15.8 Å². The van der Waals surface area contributed by atoms with Crippen LogP contribution in [0.15, 0.2) is 35.2 Å². The van der Waals surface area contributed by atoms with Crippen LogP contribution in [-0.2, 0) is 16.6 Å². The average molecular weight is 306 g/mol. The standard InChI is InChI=1S/C15H18N2O3S/c1-10-8-14(11(2)17-10)9-16-21(19,20)15-6-4-13(5-7-15)12(3)18/h4-8,16-17H,9H2,1-3H3. The third-order valence-corrected chi connectivity index (χ3v) is 4.70. The lowest BCUT2D eigenvalue weighted by Crippen LogP contribution is -2.23. The Kier molecular flexibility index (Phi) is 4.29. The van der Waals surface area contributed by atoms with E-state index in [1.54, 1.807) is 0 Å². The van der Waals surface area contributed by atoms with Gasteiger partial charge in [-0.3, -0.25) is 4.79 Å². The number of benzene rings is 1. The van der Waals surface area contributed by atoms with Crippen LogP contribution in [0, 0.1) is 13.8 Å². The van der Waals surface area contributed by atoms with Crippen molar-refractivity contribution < 1.29 is 13.2 Å². The second-order valence-corrected chi connectivity index (χ2v) is 6.77. The van der Waals surface area contributed by atoms with Crippen LogP contribution in [0.5, 0.6) is 0 Å². The molecule has 0 aliphatic heterocycles. The molecule has 1 aromatic heterocycles. The second-order valence-electron chi connectivity index (χ2n) is 5.01. The Labute approximate surface area is 124 Å². The van der Waals surface area contributed by atoms with Crippen LogP contribution in [0.25, 0.3) is 0 Å². The number of aryl methyl sites for hydroxylation is 2. The molecule has 1 aromatic carbocycles. The molecule has 0 bridgehead atoms. The summed E-state index contributed by atoms with van der Waals surface area (Å²) in [7, 11) is -3.58. The van der Waals surface area contributed by atoms with E-state index in [1.807, 2.05) is 19.9 Å². The first-order valence-corrected chi connectivity index (χ1v) is 8.03. The van der Waals surface area contributed by atoms with Crippen LogP contribution in [0.2, 0.25) is 0 Å². The van der Waals surface area contributed by atoms with Crippen molar-refractivity contribution in [2.45, 2.75) is 32.2 Å². The Balaban J connectivity index is 2.14. The molecule has 0 radical (unpaired) electrons. The fourth-order valence-electron chi connectivity index (χ4n) is 2.09. The summed E-state index contributed by atoms with van der Waals surface area (Å²) in [5.41, 5.74) is 3.34. The van der Waals surface area contributed by atoms with Gasteiger partial charge in [0.25, 0.3) is 0 Å². The van der Waals surface area contributed by atoms with Crippen molar-refractivity contribution in [1.29, 1.82) is 0 Å². The maximum absolute atomic E-state index is 12.2. The second kappa shape index (κ2) is 5.83. The van der Waals surface area contributed by atoms with Crippen LogP contribution >= 0.6 is 0 Å². The Hall–Kier alpha value is -1.92. The molecule has 0 saturated carbocycles. The lowest BCUT2D eigenvalue weighted by molar-refractivity contribution is 0.101. The van der Waals surface area contributed by atoms with E-state index in [0.717, 1.165) is 17.0 Å². The SMILES string of the molecule is CC(=O)c1ccc(S(=O)(=O)NCc2cc(C)[nH]c2C)cc1. The number of H-pyrrole nitrogens is 1. The molecule has 0 aliphatic rings. The maximum Gasteiger partial charge on any atom is 0.240 e. The van der Waals surface area contributed by atoms with Gasteiger partial charge in [0.15, 0.2) is 5.78 Å². The van der Waals surface area contributed by atoms with E-state index in [-0.39, 0.29) is 17.2 Å². The van der Waals surface area contributed by atoms with E-state index in [4.69, 9.17) is 0 Å². The van der Waals surface area contributed by atoms with E-state index in [2.05, 4.69) is 9.71 Å². The lowest BCUT2D eigenvalue weighted by atomic mass is 10.2. The van der Waals surface area contributed by atoms with E-state index >= 15 is 0 Å². The molecule has 0 amide bonds. The number of sulfonamides is 1. The summed E-state index contributed by atoms with van der Waals surface area (Å²) in [6, 6.07) is 7.82. The summed E-state index contributed by atoms with van der Waals surface area (Å²) < 4.78 is 27.0. The summed E-state index contributed by atoms with van der Waals surface area (Å²) >= 11 is 0. The van der Waals surface area contributed by atoms with Crippen molar-refractivity contribution in [3.63, 3.8) is 0 Å². The van der Waals surface area contributed by atoms with E-state index in [1.165, 1.54) is 31.2 Å². The predicted molar refractivity (Wildman–Crippen MR) is 80.7 cm³/mol. The minimum atomic E-state index is -3.58. The number of hydrogen-bond acceptors (Lipinski definition) is 3. The molecular formula is C15H18N2O3S. The van der Waals surface area contributed by atoms with Gasteiger partial charge in [-0.25, -0.2) is 13.1 Å². The fraction of sp³-hybridized carbons (Fsp3) is 0.267. The van der Waals surface area contributed by atoms with Crippen molar-refractivity contribution in [3.8, 4) is 0 Å². The quantitative estimate of drug-likeness (QED) is 0.832. The highest BCUT2D eigenvalue weighted by atomic mass is 32.2. The molecule has 0 spiro atoms. The minimum absolute atomic E-state index is 0.0923. The number of Topliss-reactive ketones (excluding diaryl/α,β-unsaturated/α-hetero) is 1. The third-order valence-electron chi connectivity index (χ3n) is 3.28. The van der Waals surface area contributed by atoms with Gasteiger partial charge in [-0.05, 0) is 44.5 Å². The third kappa shape index (κ3) is 3.59. The minimum Gasteiger partial charge on any atom is -0.362 e. The summed E-state index contributed by atoms with van der Waals surface area (Å²) in [5, 5.41) is 0. The smallest absolute Gasteiger partial charge is 0.240 e. The molecule has 0 fully saturated rings.